The molecule has 98 valence electrons. The molecule has 1 aliphatic heterocycles. The highest BCUT2D eigenvalue weighted by Crippen LogP contribution is 2.39. The second-order valence-corrected chi connectivity index (χ2v) is 4.66. The molecule has 0 spiro atoms. The van der Waals surface area contributed by atoms with Crippen molar-refractivity contribution in [3.8, 4) is 11.5 Å². The molecule has 0 fully saturated rings. The normalized spacial score (nSPS) is 14.4. The summed E-state index contributed by atoms with van der Waals surface area (Å²) in [7, 11) is 0. The van der Waals surface area contributed by atoms with Crippen molar-refractivity contribution in [2.75, 3.05) is 12.1 Å². The Balaban J connectivity index is 2.03. The summed E-state index contributed by atoms with van der Waals surface area (Å²) in [5.74, 6) is 1.06. The maximum absolute atomic E-state index is 11.7. The molecule has 6 heteroatoms. The molecule has 1 aromatic carbocycles. The third-order valence-corrected chi connectivity index (χ3v) is 2.88. The standard InChI is InChI=1S/C12H15ClN2O3/c1-7(14)2-3-12(16)15-9-5-11-10(4-8(9)13)17-6-18-11/h4-5,7H,2-3,6,14H2,1H3,(H,15,16). The minimum absolute atomic E-state index is 0.00276. The van der Waals surface area contributed by atoms with Crippen molar-refractivity contribution in [1.82, 2.24) is 0 Å². The Morgan fingerprint density at radius 3 is 2.83 bits per heavy atom. The first-order valence-corrected chi connectivity index (χ1v) is 6.08. The predicted molar refractivity (Wildman–Crippen MR) is 69.1 cm³/mol. The van der Waals surface area contributed by atoms with Crippen LogP contribution in [-0.4, -0.2) is 18.7 Å². The van der Waals surface area contributed by atoms with E-state index in [4.69, 9.17) is 26.8 Å². The monoisotopic (exact) mass is 270 g/mol. The van der Waals surface area contributed by atoms with E-state index in [0.29, 0.717) is 35.1 Å². The van der Waals surface area contributed by atoms with Crippen molar-refractivity contribution >= 4 is 23.2 Å². The van der Waals surface area contributed by atoms with E-state index >= 15 is 0 Å². The first-order chi connectivity index (χ1) is 8.56. The molecule has 1 aliphatic rings. The lowest BCUT2D eigenvalue weighted by molar-refractivity contribution is -0.116. The van der Waals surface area contributed by atoms with Gasteiger partial charge in [0.2, 0.25) is 12.7 Å². The first kappa shape index (κ1) is 13.0. The number of carbonyl (C=O) groups excluding carboxylic acids is 1. The van der Waals surface area contributed by atoms with Gasteiger partial charge in [-0.1, -0.05) is 11.6 Å². The van der Waals surface area contributed by atoms with Crippen LogP contribution in [0.1, 0.15) is 19.8 Å². The Morgan fingerprint density at radius 2 is 2.17 bits per heavy atom. The van der Waals surface area contributed by atoms with Gasteiger partial charge < -0.3 is 20.5 Å². The zero-order chi connectivity index (χ0) is 13.1. The van der Waals surface area contributed by atoms with Gasteiger partial charge in [0.05, 0.1) is 10.7 Å². The lowest BCUT2D eigenvalue weighted by Gasteiger charge is -2.09. The van der Waals surface area contributed by atoms with Crippen LogP contribution >= 0.6 is 11.6 Å². The molecule has 0 aliphatic carbocycles. The van der Waals surface area contributed by atoms with Gasteiger partial charge in [-0.25, -0.2) is 0 Å². The zero-order valence-corrected chi connectivity index (χ0v) is 10.8. The minimum atomic E-state index is -0.118. The van der Waals surface area contributed by atoms with E-state index in [9.17, 15) is 4.79 Å². The topological polar surface area (TPSA) is 73.6 Å². The van der Waals surface area contributed by atoms with Gasteiger partial charge in [-0.15, -0.1) is 0 Å². The van der Waals surface area contributed by atoms with Gasteiger partial charge in [0, 0.05) is 24.6 Å². The van der Waals surface area contributed by atoms with Gasteiger partial charge >= 0.3 is 0 Å². The van der Waals surface area contributed by atoms with Crippen LogP contribution in [0, 0.1) is 0 Å². The van der Waals surface area contributed by atoms with E-state index in [0.717, 1.165) is 0 Å². The first-order valence-electron chi connectivity index (χ1n) is 5.71. The molecule has 1 amide bonds. The molecule has 18 heavy (non-hydrogen) atoms. The van der Waals surface area contributed by atoms with Crippen molar-refractivity contribution in [1.29, 1.82) is 0 Å². The number of nitrogens with two attached hydrogens (primary N) is 1. The zero-order valence-electron chi connectivity index (χ0n) is 10.0. The summed E-state index contributed by atoms with van der Waals surface area (Å²) in [6, 6.07) is 3.29. The maximum atomic E-state index is 11.7. The Hall–Kier alpha value is -1.46. The third kappa shape index (κ3) is 3.05. The van der Waals surface area contributed by atoms with Crippen molar-refractivity contribution in [2.45, 2.75) is 25.8 Å². The van der Waals surface area contributed by atoms with Crippen molar-refractivity contribution in [3.63, 3.8) is 0 Å². The molecule has 1 atom stereocenters. The average molecular weight is 271 g/mol. The fraction of sp³-hybridized carbons (Fsp3) is 0.417. The molecule has 0 saturated heterocycles. The van der Waals surface area contributed by atoms with E-state index in [1.165, 1.54) is 0 Å². The third-order valence-electron chi connectivity index (χ3n) is 2.56. The smallest absolute Gasteiger partial charge is 0.231 e. The number of halogens is 1. The molecule has 1 aromatic rings. The molecule has 0 saturated carbocycles. The molecule has 1 heterocycles. The number of carbonyl (C=O) groups is 1. The van der Waals surface area contributed by atoms with Crippen LogP contribution in [0.15, 0.2) is 12.1 Å². The molecular weight excluding hydrogens is 256 g/mol. The molecule has 1 unspecified atom stereocenters. The Morgan fingerprint density at radius 1 is 1.50 bits per heavy atom. The summed E-state index contributed by atoms with van der Waals surface area (Å²) < 4.78 is 10.4. The van der Waals surface area contributed by atoms with Gasteiger partial charge in [-0.05, 0) is 13.3 Å². The number of hydrogen-bond donors (Lipinski definition) is 2. The Kier molecular flexibility index (Phi) is 3.93. The van der Waals surface area contributed by atoms with E-state index in [1.807, 2.05) is 6.92 Å². The highest BCUT2D eigenvalue weighted by Gasteiger charge is 2.17. The fourth-order valence-corrected chi connectivity index (χ4v) is 1.79. The summed E-state index contributed by atoms with van der Waals surface area (Å²) in [4.78, 5) is 11.7. The van der Waals surface area contributed by atoms with Crippen LogP contribution in [0.3, 0.4) is 0 Å². The number of rotatable bonds is 4. The second kappa shape index (κ2) is 5.46. The highest BCUT2D eigenvalue weighted by atomic mass is 35.5. The lowest BCUT2D eigenvalue weighted by Crippen LogP contribution is -2.19. The van der Waals surface area contributed by atoms with Crippen LogP contribution in [0.5, 0.6) is 11.5 Å². The molecule has 0 radical (unpaired) electrons. The SMILES string of the molecule is CC(N)CCC(=O)Nc1cc2c(cc1Cl)OCO2. The van der Waals surface area contributed by atoms with Gasteiger partial charge in [0.1, 0.15) is 0 Å². The molecule has 3 N–H and O–H groups in total. The van der Waals surface area contributed by atoms with Gasteiger partial charge in [-0.3, -0.25) is 4.79 Å². The Bertz CT molecular complexity index is 463. The molecular formula is C12H15ClN2O3. The maximum Gasteiger partial charge on any atom is 0.231 e. The fourth-order valence-electron chi connectivity index (χ4n) is 1.58. The van der Waals surface area contributed by atoms with E-state index in [1.54, 1.807) is 12.1 Å². The van der Waals surface area contributed by atoms with Gasteiger partial charge in [0.15, 0.2) is 11.5 Å². The highest BCUT2D eigenvalue weighted by molar-refractivity contribution is 6.34. The molecule has 5 nitrogen and oxygen atoms in total. The van der Waals surface area contributed by atoms with Crippen LogP contribution in [0.2, 0.25) is 5.02 Å². The van der Waals surface area contributed by atoms with E-state index in [-0.39, 0.29) is 18.7 Å². The van der Waals surface area contributed by atoms with Crippen LogP contribution in [-0.2, 0) is 4.79 Å². The summed E-state index contributed by atoms with van der Waals surface area (Å²) in [6.07, 6.45) is 0.996. The Labute approximate surface area is 110 Å². The van der Waals surface area contributed by atoms with E-state index in [2.05, 4.69) is 5.32 Å². The number of ether oxygens (including phenoxy) is 2. The number of nitrogens with one attached hydrogen (secondary N) is 1. The summed E-state index contributed by atoms with van der Waals surface area (Å²) >= 11 is 6.04. The molecule has 0 aromatic heterocycles. The van der Waals surface area contributed by atoms with Crippen LogP contribution in [0.25, 0.3) is 0 Å². The van der Waals surface area contributed by atoms with Crippen molar-refractivity contribution in [2.24, 2.45) is 5.73 Å². The summed E-state index contributed by atoms with van der Waals surface area (Å²) in [5.41, 5.74) is 6.12. The largest absolute Gasteiger partial charge is 0.454 e. The van der Waals surface area contributed by atoms with Crippen LogP contribution < -0.4 is 20.5 Å². The number of hydrogen-bond acceptors (Lipinski definition) is 4. The second-order valence-electron chi connectivity index (χ2n) is 4.25. The number of fused-ring (bicyclic) bond motifs is 1. The molecule has 0 bridgehead atoms. The lowest BCUT2D eigenvalue weighted by atomic mass is 10.2. The molecule has 2 rings (SSSR count). The van der Waals surface area contributed by atoms with Crippen molar-refractivity contribution < 1.29 is 14.3 Å². The summed E-state index contributed by atoms with van der Waals surface area (Å²) in [5, 5.41) is 3.16. The van der Waals surface area contributed by atoms with Gasteiger partial charge in [0.25, 0.3) is 0 Å². The number of benzene rings is 1. The summed E-state index contributed by atoms with van der Waals surface area (Å²) in [6.45, 7) is 2.04. The average Bonchev–Trinajstić information content (AvgIpc) is 2.74. The van der Waals surface area contributed by atoms with Crippen LogP contribution in [0.4, 0.5) is 5.69 Å². The van der Waals surface area contributed by atoms with Crippen molar-refractivity contribution in [3.05, 3.63) is 17.2 Å². The predicted octanol–water partition coefficient (Wildman–Crippen LogP) is 2.13. The van der Waals surface area contributed by atoms with Gasteiger partial charge in [-0.2, -0.15) is 0 Å². The quantitative estimate of drug-likeness (QED) is 0.879. The minimum Gasteiger partial charge on any atom is -0.454 e. The van der Waals surface area contributed by atoms with E-state index < -0.39 is 0 Å². The number of anilines is 1. The number of amides is 1.